The van der Waals surface area contributed by atoms with Crippen LogP contribution in [0.5, 0.6) is 0 Å². The van der Waals surface area contributed by atoms with Gasteiger partial charge < -0.3 is 15.9 Å². The molecule has 0 saturated carbocycles. The van der Waals surface area contributed by atoms with Crippen LogP contribution in [0, 0.1) is 0 Å². The molecule has 0 radical (unpaired) electrons. The zero-order valence-electron chi connectivity index (χ0n) is 12.7. The van der Waals surface area contributed by atoms with E-state index in [-0.39, 0.29) is 17.2 Å². The van der Waals surface area contributed by atoms with E-state index in [0.29, 0.717) is 13.1 Å². The van der Waals surface area contributed by atoms with Crippen molar-refractivity contribution >= 4 is 22.0 Å². The highest BCUT2D eigenvalue weighted by atomic mass is 32.2. The predicted octanol–water partition coefficient (Wildman–Crippen LogP) is 0.452. The molecular formula is C14H20N2O6S. The number of carboxylic acids is 2. The van der Waals surface area contributed by atoms with Gasteiger partial charge in [0.25, 0.3) is 0 Å². The van der Waals surface area contributed by atoms with Crippen molar-refractivity contribution in [1.82, 2.24) is 4.31 Å². The number of carbonyl (C=O) groups is 2. The van der Waals surface area contributed by atoms with Crippen LogP contribution in [0.2, 0.25) is 0 Å². The number of hydrogen-bond donors (Lipinski definition) is 3. The number of nitrogens with two attached hydrogens (primary N) is 1. The van der Waals surface area contributed by atoms with E-state index in [0.717, 1.165) is 18.9 Å². The molecule has 0 spiro atoms. The van der Waals surface area contributed by atoms with Gasteiger partial charge in [0.2, 0.25) is 10.0 Å². The minimum atomic E-state index is -2.97. The zero-order chi connectivity index (χ0) is 17.6. The fourth-order valence-corrected chi connectivity index (χ4v) is 2.87. The Morgan fingerprint density at radius 3 is 1.91 bits per heavy atom. The van der Waals surface area contributed by atoms with Gasteiger partial charge in [0.1, 0.15) is 0 Å². The first kappa shape index (κ1) is 19.1. The second kappa shape index (κ2) is 8.04. The molecule has 0 aromatic heterocycles. The molecule has 0 aliphatic carbocycles. The quantitative estimate of drug-likeness (QED) is 0.723. The lowest BCUT2D eigenvalue weighted by Crippen LogP contribution is -2.42. The third-order valence-electron chi connectivity index (χ3n) is 3.32. The first-order chi connectivity index (χ1) is 10.6. The van der Waals surface area contributed by atoms with Gasteiger partial charge in [-0.2, -0.15) is 0 Å². The number of piperidine rings is 1. The van der Waals surface area contributed by atoms with E-state index < -0.39 is 22.0 Å². The lowest BCUT2D eigenvalue weighted by Gasteiger charge is -2.27. The van der Waals surface area contributed by atoms with Crippen molar-refractivity contribution in [3.8, 4) is 0 Å². The third-order valence-corrected chi connectivity index (χ3v) is 4.63. The Morgan fingerprint density at radius 1 is 1.13 bits per heavy atom. The number of rotatable bonds is 3. The van der Waals surface area contributed by atoms with Crippen LogP contribution in [0.3, 0.4) is 0 Å². The Labute approximate surface area is 134 Å². The average Bonchev–Trinajstić information content (AvgIpc) is 2.47. The summed E-state index contributed by atoms with van der Waals surface area (Å²) < 4.78 is 23.4. The molecule has 0 amide bonds. The summed E-state index contributed by atoms with van der Waals surface area (Å²) in [5.41, 5.74) is 5.58. The smallest absolute Gasteiger partial charge is 0.335 e. The van der Waals surface area contributed by atoms with Crippen LogP contribution < -0.4 is 5.73 Å². The van der Waals surface area contributed by atoms with Gasteiger partial charge in [-0.1, -0.05) is 6.07 Å². The molecule has 0 unspecified atom stereocenters. The second-order valence-corrected chi connectivity index (χ2v) is 7.17. The Hall–Kier alpha value is -1.97. The normalized spacial score (nSPS) is 16.3. The zero-order valence-corrected chi connectivity index (χ0v) is 13.5. The van der Waals surface area contributed by atoms with E-state index in [2.05, 4.69) is 0 Å². The van der Waals surface area contributed by atoms with Gasteiger partial charge in [-0.3, -0.25) is 0 Å². The van der Waals surface area contributed by atoms with E-state index in [1.54, 1.807) is 0 Å². The van der Waals surface area contributed by atoms with Crippen LogP contribution in [0.4, 0.5) is 0 Å². The largest absolute Gasteiger partial charge is 0.478 e. The molecule has 1 saturated heterocycles. The fourth-order valence-electron chi connectivity index (χ4n) is 1.99. The molecule has 8 nitrogen and oxygen atoms in total. The number of benzene rings is 1. The summed E-state index contributed by atoms with van der Waals surface area (Å²) in [5, 5.41) is 17.0. The summed E-state index contributed by atoms with van der Waals surface area (Å²) in [6.07, 6.45) is 2.81. The Kier molecular flexibility index (Phi) is 6.67. The van der Waals surface area contributed by atoms with E-state index >= 15 is 0 Å². The highest BCUT2D eigenvalue weighted by Crippen LogP contribution is 2.10. The number of hydrogen-bond acceptors (Lipinski definition) is 5. The molecule has 128 valence electrons. The summed E-state index contributed by atoms with van der Waals surface area (Å²) in [7, 11) is -2.97. The summed E-state index contributed by atoms with van der Waals surface area (Å²) >= 11 is 0. The van der Waals surface area contributed by atoms with E-state index in [1.807, 2.05) is 0 Å². The molecular weight excluding hydrogens is 324 g/mol. The molecule has 1 aliphatic heterocycles. The Bertz CT molecular complexity index is 636. The van der Waals surface area contributed by atoms with Crippen LogP contribution in [0.15, 0.2) is 24.3 Å². The standard InChI is InChI=1S/C8H6O4.C6H14N2O2S/c9-7(10)5-2-1-3-6(4-5)8(11)12;1-11(9,10)8-4-2-6(7)3-5-8/h1-4H,(H,9,10)(H,11,12);6H,2-5,7H2,1H3. The van der Waals surface area contributed by atoms with Crippen molar-refractivity contribution in [2.45, 2.75) is 18.9 Å². The maximum Gasteiger partial charge on any atom is 0.335 e. The van der Waals surface area contributed by atoms with Gasteiger partial charge in [-0.25, -0.2) is 22.3 Å². The van der Waals surface area contributed by atoms with Gasteiger partial charge in [0, 0.05) is 19.1 Å². The first-order valence-electron chi connectivity index (χ1n) is 6.88. The lowest BCUT2D eigenvalue weighted by atomic mass is 10.1. The van der Waals surface area contributed by atoms with E-state index in [4.69, 9.17) is 15.9 Å². The molecule has 4 N–H and O–H groups in total. The Morgan fingerprint density at radius 2 is 1.57 bits per heavy atom. The van der Waals surface area contributed by atoms with Gasteiger partial charge >= 0.3 is 11.9 Å². The molecule has 23 heavy (non-hydrogen) atoms. The van der Waals surface area contributed by atoms with Crippen molar-refractivity contribution in [3.05, 3.63) is 35.4 Å². The van der Waals surface area contributed by atoms with Gasteiger partial charge in [0.05, 0.1) is 17.4 Å². The topological polar surface area (TPSA) is 138 Å². The molecule has 1 fully saturated rings. The van der Waals surface area contributed by atoms with Crippen LogP contribution in [-0.4, -0.2) is 60.3 Å². The molecule has 0 bridgehead atoms. The van der Waals surface area contributed by atoms with Crippen molar-refractivity contribution in [2.75, 3.05) is 19.3 Å². The van der Waals surface area contributed by atoms with Crippen LogP contribution in [-0.2, 0) is 10.0 Å². The average molecular weight is 344 g/mol. The molecule has 1 heterocycles. The number of sulfonamides is 1. The summed E-state index contributed by atoms with van der Waals surface area (Å²) in [5.74, 6) is -2.25. The van der Waals surface area contributed by atoms with Gasteiger partial charge in [-0.15, -0.1) is 0 Å². The maximum absolute atomic E-state index is 11.0. The van der Waals surface area contributed by atoms with Crippen molar-refractivity contribution < 1.29 is 28.2 Å². The molecule has 9 heteroatoms. The summed E-state index contributed by atoms with van der Waals surface area (Å²) in [6, 6.07) is 5.38. The first-order valence-corrected chi connectivity index (χ1v) is 8.73. The van der Waals surface area contributed by atoms with Crippen molar-refractivity contribution in [1.29, 1.82) is 0 Å². The molecule has 2 rings (SSSR count). The Balaban J connectivity index is 0.000000231. The number of carboxylic acid groups (broad SMARTS) is 2. The molecule has 1 aliphatic rings. The van der Waals surface area contributed by atoms with Crippen LogP contribution >= 0.6 is 0 Å². The van der Waals surface area contributed by atoms with Crippen molar-refractivity contribution in [2.24, 2.45) is 5.73 Å². The molecule has 1 aromatic rings. The minimum Gasteiger partial charge on any atom is -0.478 e. The van der Waals surface area contributed by atoms with Gasteiger partial charge in [0.15, 0.2) is 0 Å². The highest BCUT2D eigenvalue weighted by Gasteiger charge is 2.22. The SMILES string of the molecule is CS(=O)(=O)N1CCC(N)CC1.O=C(O)c1cccc(C(=O)O)c1. The predicted molar refractivity (Wildman–Crippen MR) is 84.0 cm³/mol. The minimum absolute atomic E-state index is 0.0186. The van der Waals surface area contributed by atoms with Crippen LogP contribution in [0.25, 0.3) is 0 Å². The molecule has 1 aromatic carbocycles. The number of nitrogens with zero attached hydrogens (tertiary/aromatic N) is 1. The third kappa shape index (κ3) is 6.35. The maximum atomic E-state index is 11.0. The van der Waals surface area contributed by atoms with E-state index in [9.17, 15) is 18.0 Å². The lowest BCUT2D eigenvalue weighted by molar-refractivity contribution is 0.0696. The second-order valence-electron chi connectivity index (χ2n) is 5.19. The van der Waals surface area contributed by atoms with E-state index in [1.165, 1.54) is 28.8 Å². The number of aromatic carboxylic acids is 2. The van der Waals surface area contributed by atoms with Crippen molar-refractivity contribution in [3.63, 3.8) is 0 Å². The highest BCUT2D eigenvalue weighted by molar-refractivity contribution is 7.88. The fraction of sp³-hybridized carbons (Fsp3) is 0.429. The summed E-state index contributed by atoms with van der Waals surface area (Å²) in [6.45, 7) is 1.17. The van der Waals surface area contributed by atoms with Crippen LogP contribution in [0.1, 0.15) is 33.6 Å². The monoisotopic (exact) mass is 344 g/mol. The molecule has 0 atom stereocenters. The summed E-state index contributed by atoms with van der Waals surface area (Å²) in [4.78, 5) is 20.8. The van der Waals surface area contributed by atoms with Gasteiger partial charge in [-0.05, 0) is 31.0 Å².